The minimum atomic E-state index is -0.579. The Morgan fingerprint density at radius 2 is 1.55 bits per heavy atom. The molecule has 10 heteroatoms. The first-order chi connectivity index (χ1) is 25.9. The second-order valence-electron chi connectivity index (χ2n) is 13.3. The molecular formula is C43H43N5O5. The van der Waals surface area contributed by atoms with Crippen molar-refractivity contribution in [3.8, 4) is 11.1 Å². The minimum absolute atomic E-state index is 0.00818. The van der Waals surface area contributed by atoms with Crippen LogP contribution >= 0.6 is 0 Å². The minimum Gasteiger partial charge on any atom is -0.397 e. The average molecular weight is 710 g/mol. The molecule has 270 valence electrons. The van der Waals surface area contributed by atoms with E-state index in [-0.39, 0.29) is 43.5 Å². The Morgan fingerprint density at radius 3 is 2.36 bits per heavy atom. The van der Waals surface area contributed by atoms with Crippen molar-refractivity contribution in [3.63, 3.8) is 0 Å². The molecule has 3 atom stereocenters. The lowest BCUT2D eigenvalue weighted by atomic mass is 9.99. The summed E-state index contributed by atoms with van der Waals surface area (Å²) >= 11 is 0. The van der Waals surface area contributed by atoms with Gasteiger partial charge in [0.1, 0.15) is 0 Å². The SMILES string of the molecule is Nc1ccccc1NC(=O)CCCC(=O)NCc1cccc(-c2ccc(C3OC(Cn4cnc5ccccc54)CC(c4ccc(CO)cc4)O3)cc2)c1. The van der Waals surface area contributed by atoms with Gasteiger partial charge in [-0.2, -0.15) is 0 Å². The molecule has 5 N–H and O–H groups in total. The van der Waals surface area contributed by atoms with E-state index in [4.69, 9.17) is 15.2 Å². The van der Waals surface area contributed by atoms with Gasteiger partial charge in [-0.1, -0.05) is 91.0 Å². The number of rotatable bonds is 13. The smallest absolute Gasteiger partial charge is 0.224 e. The lowest BCUT2D eigenvalue weighted by molar-refractivity contribution is -0.252. The highest BCUT2D eigenvalue weighted by Crippen LogP contribution is 2.39. The summed E-state index contributed by atoms with van der Waals surface area (Å²) in [5.41, 5.74) is 14.8. The van der Waals surface area contributed by atoms with Crippen molar-refractivity contribution in [1.29, 1.82) is 0 Å². The van der Waals surface area contributed by atoms with Gasteiger partial charge < -0.3 is 35.5 Å². The number of nitrogen functional groups attached to an aromatic ring is 1. The van der Waals surface area contributed by atoms with Gasteiger partial charge in [-0.25, -0.2) is 4.98 Å². The van der Waals surface area contributed by atoms with Crippen LogP contribution in [-0.4, -0.2) is 32.6 Å². The highest BCUT2D eigenvalue weighted by Gasteiger charge is 2.32. The summed E-state index contributed by atoms with van der Waals surface area (Å²) in [4.78, 5) is 29.4. The van der Waals surface area contributed by atoms with Crippen LogP contribution in [0.5, 0.6) is 0 Å². The molecule has 7 rings (SSSR count). The topological polar surface area (TPSA) is 141 Å². The molecular weight excluding hydrogens is 667 g/mol. The number of ether oxygens (including phenoxy) is 2. The Kier molecular flexibility index (Phi) is 11.2. The molecule has 0 bridgehead atoms. The van der Waals surface area contributed by atoms with Gasteiger partial charge in [0, 0.05) is 31.4 Å². The van der Waals surface area contributed by atoms with E-state index in [2.05, 4.69) is 44.5 Å². The predicted molar refractivity (Wildman–Crippen MR) is 205 cm³/mol. The van der Waals surface area contributed by atoms with E-state index in [9.17, 15) is 14.7 Å². The van der Waals surface area contributed by atoms with E-state index in [1.165, 1.54) is 0 Å². The van der Waals surface area contributed by atoms with Crippen LogP contribution in [0.2, 0.25) is 0 Å². The van der Waals surface area contributed by atoms with Crippen LogP contribution in [-0.2, 0) is 38.8 Å². The maximum Gasteiger partial charge on any atom is 0.224 e. The number of aliphatic hydroxyl groups is 1. The van der Waals surface area contributed by atoms with E-state index in [0.29, 0.717) is 37.3 Å². The summed E-state index contributed by atoms with van der Waals surface area (Å²) in [6.07, 6.45) is 2.53. The fraction of sp³-hybridized carbons (Fsp3) is 0.233. The fourth-order valence-electron chi connectivity index (χ4n) is 6.62. The van der Waals surface area contributed by atoms with Gasteiger partial charge in [0.2, 0.25) is 11.8 Å². The van der Waals surface area contributed by atoms with Gasteiger partial charge in [0.25, 0.3) is 0 Å². The third-order valence-corrected chi connectivity index (χ3v) is 9.52. The van der Waals surface area contributed by atoms with E-state index < -0.39 is 6.29 Å². The Balaban J connectivity index is 0.973. The number of imidazole rings is 1. The average Bonchev–Trinajstić information content (AvgIpc) is 3.60. The number of para-hydroxylation sites is 4. The maximum atomic E-state index is 12.6. The highest BCUT2D eigenvalue weighted by molar-refractivity contribution is 5.94. The summed E-state index contributed by atoms with van der Waals surface area (Å²) in [6.45, 7) is 1.01. The molecule has 53 heavy (non-hydrogen) atoms. The number of nitrogens with one attached hydrogen (secondary N) is 2. The predicted octanol–water partition coefficient (Wildman–Crippen LogP) is 7.45. The zero-order valence-electron chi connectivity index (χ0n) is 29.4. The number of hydrogen-bond acceptors (Lipinski definition) is 7. The zero-order chi connectivity index (χ0) is 36.6. The van der Waals surface area contributed by atoms with Gasteiger partial charge in [-0.15, -0.1) is 0 Å². The summed E-state index contributed by atoms with van der Waals surface area (Å²) in [6, 6.07) is 39.4. The Hall–Kier alpha value is -5.81. The van der Waals surface area contributed by atoms with Gasteiger partial charge in [-0.3, -0.25) is 9.59 Å². The lowest BCUT2D eigenvalue weighted by Gasteiger charge is -2.36. The van der Waals surface area contributed by atoms with Crippen LogP contribution in [0.25, 0.3) is 22.2 Å². The van der Waals surface area contributed by atoms with Crippen molar-refractivity contribution in [2.75, 3.05) is 11.1 Å². The first-order valence-electron chi connectivity index (χ1n) is 17.9. The van der Waals surface area contributed by atoms with Gasteiger partial charge in [-0.05, 0) is 64.6 Å². The molecule has 0 radical (unpaired) electrons. The number of aliphatic hydroxyl groups excluding tert-OH is 1. The van der Waals surface area contributed by atoms with Crippen LogP contribution in [0.15, 0.2) is 128 Å². The second kappa shape index (κ2) is 16.7. The monoisotopic (exact) mass is 709 g/mol. The number of hydrogen-bond donors (Lipinski definition) is 4. The first-order valence-corrected chi connectivity index (χ1v) is 17.9. The third kappa shape index (κ3) is 8.99. The first kappa shape index (κ1) is 35.6. The summed E-state index contributed by atoms with van der Waals surface area (Å²) in [5, 5.41) is 15.3. The van der Waals surface area contributed by atoms with E-state index in [0.717, 1.165) is 44.4 Å². The van der Waals surface area contributed by atoms with Crippen molar-refractivity contribution >= 4 is 34.2 Å². The zero-order valence-corrected chi connectivity index (χ0v) is 29.4. The van der Waals surface area contributed by atoms with E-state index in [1.807, 2.05) is 91.3 Å². The number of carbonyl (C=O) groups excluding carboxylic acids is 2. The second-order valence-corrected chi connectivity index (χ2v) is 13.3. The molecule has 1 saturated heterocycles. The van der Waals surface area contributed by atoms with Gasteiger partial charge in [0.15, 0.2) is 6.29 Å². The molecule has 6 aromatic rings. The number of anilines is 2. The Labute approximate surface area is 308 Å². The molecule has 10 nitrogen and oxygen atoms in total. The van der Waals surface area contributed by atoms with Crippen LogP contribution < -0.4 is 16.4 Å². The number of benzene rings is 5. The summed E-state index contributed by atoms with van der Waals surface area (Å²) in [7, 11) is 0. The Morgan fingerprint density at radius 1 is 0.792 bits per heavy atom. The van der Waals surface area contributed by atoms with Gasteiger partial charge in [0.05, 0.1) is 54.1 Å². The largest absolute Gasteiger partial charge is 0.397 e. The standard InChI is InChI=1S/C43H43N5O5/c44-36-9-1-2-10-37(36)47-42(51)14-6-13-41(50)45-25-30-7-5-8-34(23-30)31-19-21-33(22-20-31)43-52-35(26-48-28-46-38-11-3-4-12-39(38)48)24-40(53-43)32-17-15-29(27-49)16-18-32/h1-5,7-12,15-23,28,35,40,43,49H,6,13-14,24-27,44H2,(H,45,50)(H,47,51). The van der Waals surface area contributed by atoms with Crippen molar-refractivity contribution in [3.05, 3.63) is 150 Å². The quantitative estimate of drug-likeness (QED) is 0.0914. The van der Waals surface area contributed by atoms with Crippen LogP contribution in [0.3, 0.4) is 0 Å². The maximum absolute atomic E-state index is 12.6. The molecule has 0 saturated carbocycles. The number of carbonyl (C=O) groups is 2. The molecule has 1 fully saturated rings. The van der Waals surface area contributed by atoms with Crippen LogP contribution in [0.1, 0.15) is 60.3 Å². The molecule has 0 aliphatic carbocycles. The summed E-state index contributed by atoms with van der Waals surface area (Å²) < 4.78 is 15.3. The van der Waals surface area contributed by atoms with Crippen LogP contribution in [0.4, 0.5) is 11.4 Å². The van der Waals surface area contributed by atoms with Crippen molar-refractivity contribution in [2.45, 2.75) is 63.9 Å². The molecule has 0 spiro atoms. The van der Waals surface area contributed by atoms with Crippen LogP contribution in [0, 0.1) is 0 Å². The molecule has 1 aromatic heterocycles. The van der Waals surface area contributed by atoms with Crippen molar-refractivity contribution < 1.29 is 24.2 Å². The summed E-state index contributed by atoms with van der Waals surface area (Å²) in [5.74, 6) is -0.283. The molecule has 1 aliphatic heterocycles. The Bertz CT molecular complexity index is 2160. The van der Waals surface area contributed by atoms with Crippen molar-refractivity contribution in [2.24, 2.45) is 0 Å². The van der Waals surface area contributed by atoms with Crippen molar-refractivity contribution in [1.82, 2.24) is 14.9 Å². The molecule has 1 aliphatic rings. The number of amides is 2. The fourth-order valence-corrected chi connectivity index (χ4v) is 6.62. The number of nitrogens with two attached hydrogens (primary N) is 1. The normalized spacial score (nSPS) is 17.0. The molecule has 5 aromatic carbocycles. The highest BCUT2D eigenvalue weighted by atomic mass is 16.7. The third-order valence-electron chi connectivity index (χ3n) is 9.52. The number of fused-ring (bicyclic) bond motifs is 1. The molecule has 3 unspecified atom stereocenters. The molecule has 2 heterocycles. The number of nitrogens with zero attached hydrogens (tertiary/aromatic N) is 2. The van der Waals surface area contributed by atoms with Gasteiger partial charge >= 0.3 is 0 Å². The lowest BCUT2D eigenvalue weighted by Crippen LogP contribution is -2.32. The molecule has 2 amide bonds. The number of aromatic nitrogens is 2. The van der Waals surface area contributed by atoms with E-state index >= 15 is 0 Å². The van der Waals surface area contributed by atoms with E-state index in [1.54, 1.807) is 12.1 Å².